The topological polar surface area (TPSA) is 119 Å². The van der Waals surface area contributed by atoms with Gasteiger partial charge in [0.15, 0.2) is 0 Å². The Morgan fingerprint density at radius 3 is 2.33 bits per heavy atom. The average molecular weight is 404 g/mol. The smallest absolute Gasteiger partial charge is 0.261 e. The molecular formula is C22H20N4O4. The summed E-state index contributed by atoms with van der Waals surface area (Å²) in [6.45, 7) is 0.452. The maximum atomic E-state index is 12.3. The second-order valence-electron chi connectivity index (χ2n) is 6.77. The van der Waals surface area contributed by atoms with Crippen molar-refractivity contribution in [1.82, 2.24) is 10.2 Å². The number of fused-ring (bicyclic) bond motifs is 1. The van der Waals surface area contributed by atoms with E-state index in [2.05, 4.69) is 10.6 Å². The number of nitrogens with zero attached hydrogens (tertiary/aromatic N) is 2. The van der Waals surface area contributed by atoms with Gasteiger partial charge in [-0.2, -0.15) is 5.26 Å². The first-order valence-corrected chi connectivity index (χ1v) is 9.47. The molecule has 152 valence electrons. The van der Waals surface area contributed by atoms with Crippen LogP contribution in [0.3, 0.4) is 0 Å². The number of nitrogens with one attached hydrogen (secondary N) is 2. The first kappa shape index (κ1) is 20.7. The molecule has 0 saturated heterocycles. The Hall–Kier alpha value is -3.99. The molecule has 1 aliphatic rings. The summed E-state index contributed by atoms with van der Waals surface area (Å²) in [6, 6.07) is 15.4. The van der Waals surface area contributed by atoms with Crippen LogP contribution in [-0.4, -0.2) is 35.1 Å². The van der Waals surface area contributed by atoms with Crippen LogP contribution >= 0.6 is 0 Å². The number of nitriles is 1. The van der Waals surface area contributed by atoms with Crippen LogP contribution in [0.2, 0.25) is 0 Å². The third-order valence-corrected chi connectivity index (χ3v) is 4.60. The molecule has 30 heavy (non-hydrogen) atoms. The molecule has 0 bridgehead atoms. The predicted molar refractivity (Wildman–Crippen MR) is 108 cm³/mol. The summed E-state index contributed by atoms with van der Waals surface area (Å²) in [5.41, 5.74) is 2.13. The van der Waals surface area contributed by atoms with Crippen molar-refractivity contribution in [2.24, 2.45) is 0 Å². The third-order valence-electron chi connectivity index (χ3n) is 4.60. The Labute approximate surface area is 173 Å². The van der Waals surface area contributed by atoms with E-state index in [9.17, 15) is 19.2 Å². The number of hydrogen-bond acceptors (Lipinski definition) is 5. The number of amides is 4. The van der Waals surface area contributed by atoms with Crippen LogP contribution < -0.4 is 10.6 Å². The summed E-state index contributed by atoms with van der Waals surface area (Å²) >= 11 is 0. The standard InChI is InChI=1S/C22H20N4O4/c23-11-10-20(28)25-16-6-3-5-15(13-16)14-24-19(27)9-4-12-26-21(29)17-7-1-2-8-18(17)22(26)30/h1-3,5-8,13H,4,9-10,12,14H2,(H,24,27)(H,25,28). The Kier molecular flexibility index (Phi) is 6.55. The summed E-state index contributed by atoms with van der Waals surface area (Å²) in [6.07, 6.45) is 0.307. The molecule has 0 aliphatic carbocycles. The summed E-state index contributed by atoms with van der Waals surface area (Å²) in [5, 5.41) is 13.9. The fourth-order valence-corrected chi connectivity index (χ4v) is 3.17. The van der Waals surface area contributed by atoms with Crippen LogP contribution in [0.4, 0.5) is 5.69 Å². The van der Waals surface area contributed by atoms with Crippen LogP contribution in [0.25, 0.3) is 0 Å². The molecule has 0 fully saturated rings. The van der Waals surface area contributed by atoms with Crippen molar-refractivity contribution >= 4 is 29.3 Å². The third kappa shape index (κ3) is 4.89. The van der Waals surface area contributed by atoms with Crippen LogP contribution in [0.15, 0.2) is 48.5 Å². The highest BCUT2D eigenvalue weighted by Crippen LogP contribution is 2.22. The van der Waals surface area contributed by atoms with Crippen molar-refractivity contribution < 1.29 is 19.2 Å². The maximum Gasteiger partial charge on any atom is 0.261 e. The molecule has 2 N–H and O–H groups in total. The summed E-state index contributed by atoms with van der Waals surface area (Å²) in [7, 11) is 0. The highest BCUT2D eigenvalue weighted by molar-refractivity contribution is 6.21. The number of hydrogen-bond donors (Lipinski definition) is 2. The molecule has 0 spiro atoms. The molecule has 0 unspecified atom stereocenters. The van der Waals surface area contributed by atoms with Gasteiger partial charge in [-0.15, -0.1) is 0 Å². The van der Waals surface area contributed by atoms with Gasteiger partial charge in [-0.25, -0.2) is 0 Å². The number of carbonyl (C=O) groups is 4. The molecule has 2 aromatic carbocycles. The van der Waals surface area contributed by atoms with E-state index >= 15 is 0 Å². The van der Waals surface area contributed by atoms with Crippen LogP contribution in [0.1, 0.15) is 45.5 Å². The average Bonchev–Trinajstić information content (AvgIpc) is 2.98. The SMILES string of the molecule is N#CCC(=O)Nc1cccc(CNC(=O)CCCN2C(=O)c3ccccc3C2=O)c1. The summed E-state index contributed by atoms with van der Waals surface area (Å²) in [5.74, 6) is -1.25. The largest absolute Gasteiger partial charge is 0.352 e. The molecule has 8 heteroatoms. The molecule has 1 aliphatic heterocycles. The van der Waals surface area contributed by atoms with Gasteiger partial charge in [0.05, 0.1) is 17.2 Å². The lowest BCUT2D eigenvalue weighted by Gasteiger charge is -2.13. The van der Waals surface area contributed by atoms with Crippen LogP contribution in [0, 0.1) is 11.3 Å². The van der Waals surface area contributed by atoms with Crippen molar-refractivity contribution in [3.63, 3.8) is 0 Å². The zero-order chi connectivity index (χ0) is 21.5. The van der Waals surface area contributed by atoms with Gasteiger partial charge in [-0.3, -0.25) is 24.1 Å². The molecule has 0 atom stereocenters. The lowest BCUT2D eigenvalue weighted by atomic mass is 10.1. The highest BCUT2D eigenvalue weighted by Gasteiger charge is 2.34. The minimum Gasteiger partial charge on any atom is -0.352 e. The fourth-order valence-electron chi connectivity index (χ4n) is 3.17. The Balaban J connectivity index is 1.44. The van der Waals surface area contributed by atoms with E-state index in [1.54, 1.807) is 54.6 Å². The van der Waals surface area contributed by atoms with Crippen molar-refractivity contribution in [2.75, 3.05) is 11.9 Å². The Morgan fingerprint density at radius 1 is 0.967 bits per heavy atom. The van der Waals surface area contributed by atoms with Crippen molar-refractivity contribution in [2.45, 2.75) is 25.8 Å². The number of benzene rings is 2. The molecule has 1 heterocycles. The highest BCUT2D eigenvalue weighted by atomic mass is 16.2. The molecule has 8 nitrogen and oxygen atoms in total. The zero-order valence-electron chi connectivity index (χ0n) is 16.2. The van der Waals surface area contributed by atoms with Gasteiger partial charge in [0.1, 0.15) is 6.42 Å². The molecule has 3 rings (SSSR count). The van der Waals surface area contributed by atoms with Crippen LogP contribution in [0.5, 0.6) is 0 Å². The van der Waals surface area contributed by atoms with Gasteiger partial charge in [0, 0.05) is 25.2 Å². The molecule has 2 aromatic rings. The van der Waals surface area contributed by atoms with E-state index in [0.717, 1.165) is 5.56 Å². The minimum absolute atomic E-state index is 0.173. The molecule has 0 aromatic heterocycles. The van der Waals surface area contributed by atoms with E-state index in [1.165, 1.54) is 4.90 Å². The van der Waals surface area contributed by atoms with E-state index in [4.69, 9.17) is 5.26 Å². The van der Waals surface area contributed by atoms with E-state index in [0.29, 0.717) is 23.2 Å². The molecular weight excluding hydrogens is 384 g/mol. The lowest BCUT2D eigenvalue weighted by molar-refractivity contribution is -0.121. The zero-order valence-corrected chi connectivity index (χ0v) is 16.2. The summed E-state index contributed by atoms with van der Waals surface area (Å²) in [4.78, 5) is 49.4. The van der Waals surface area contributed by atoms with Gasteiger partial charge in [-0.1, -0.05) is 24.3 Å². The minimum atomic E-state index is -0.396. The number of rotatable bonds is 8. The number of carbonyl (C=O) groups excluding carboxylic acids is 4. The first-order chi connectivity index (χ1) is 14.5. The summed E-state index contributed by atoms with van der Waals surface area (Å²) < 4.78 is 0. The quantitative estimate of drug-likeness (QED) is 0.654. The Morgan fingerprint density at radius 2 is 1.67 bits per heavy atom. The number of anilines is 1. The monoisotopic (exact) mass is 404 g/mol. The van der Waals surface area contributed by atoms with E-state index < -0.39 is 5.91 Å². The van der Waals surface area contributed by atoms with Gasteiger partial charge in [0.25, 0.3) is 11.8 Å². The van der Waals surface area contributed by atoms with Gasteiger partial charge in [0.2, 0.25) is 11.8 Å². The second kappa shape index (κ2) is 9.47. The van der Waals surface area contributed by atoms with Crippen molar-refractivity contribution in [3.05, 3.63) is 65.2 Å². The molecule has 4 amide bonds. The van der Waals surface area contributed by atoms with Crippen molar-refractivity contribution in [1.29, 1.82) is 5.26 Å². The normalized spacial score (nSPS) is 12.3. The molecule has 0 saturated carbocycles. The lowest BCUT2D eigenvalue weighted by Crippen LogP contribution is -2.32. The van der Waals surface area contributed by atoms with Crippen LogP contribution in [-0.2, 0) is 16.1 Å². The van der Waals surface area contributed by atoms with E-state index in [1.807, 2.05) is 0 Å². The van der Waals surface area contributed by atoms with Crippen molar-refractivity contribution in [3.8, 4) is 6.07 Å². The first-order valence-electron chi connectivity index (χ1n) is 9.47. The second-order valence-corrected chi connectivity index (χ2v) is 6.77. The maximum absolute atomic E-state index is 12.3. The van der Waals surface area contributed by atoms with Gasteiger partial charge >= 0.3 is 0 Å². The fraction of sp³-hybridized carbons (Fsp3) is 0.227. The van der Waals surface area contributed by atoms with Gasteiger partial charge in [-0.05, 0) is 36.2 Å². The Bertz CT molecular complexity index is 1010. The van der Waals surface area contributed by atoms with E-state index in [-0.39, 0.29) is 43.7 Å². The van der Waals surface area contributed by atoms with Gasteiger partial charge < -0.3 is 10.6 Å². The predicted octanol–water partition coefficient (Wildman–Crippen LogP) is 2.23. The number of imide groups is 1. The molecule has 0 radical (unpaired) electrons.